The van der Waals surface area contributed by atoms with Crippen LogP contribution in [0.3, 0.4) is 0 Å². The van der Waals surface area contributed by atoms with Gasteiger partial charge in [0.1, 0.15) is 11.5 Å². The zero-order valence-electron chi connectivity index (χ0n) is 10.5. The van der Waals surface area contributed by atoms with Gasteiger partial charge in [0.25, 0.3) is 0 Å². The molecule has 100 valence electrons. The highest BCUT2D eigenvalue weighted by atomic mass is 16.5. The van der Waals surface area contributed by atoms with Gasteiger partial charge >= 0.3 is 5.97 Å². The van der Waals surface area contributed by atoms with Crippen LogP contribution in [0.4, 0.5) is 0 Å². The van der Waals surface area contributed by atoms with Crippen molar-refractivity contribution in [3.05, 3.63) is 41.6 Å². The smallest absolute Gasteiger partial charge is 0.373 e. The van der Waals surface area contributed by atoms with Crippen molar-refractivity contribution in [1.29, 1.82) is 0 Å². The quantitative estimate of drug-likeness (QED) is 0.888. The van der Waals surface area contributed by atoms with E-state index in [1.54, 1.807) is 26.4 Å². The van der Waals surface area contributed by atoms with E-state index in [1.807, 2.05) is 6.07 Å². The molecule has 2 rings (SSSR count). The first-order valence-electron chi connectivity index (χ1n) is 5.53. The molecule has 0 atom stereocenters. The van der Waals surface area contributed by atoms with E-state index in [0.29, 0.717) is 23.8 Å². The standard InChI is InChI=1S/C13H13NO5/c1-17-9-4-3-8(10(6-9)18-2)5-12-14-7-11(19-12)13(15)16/h3-4,6-7H,5H2,1-2H3,(H,15,16). The summed E-state index contributed by atoms with van der Waals surface area (Å²) in [5.41, 5.74) is 0.835. The Morgan fingerprint density at radius 3 is 2.74 bits per heavy atom. The number of nitrogens with zero attached hydrogens (tertiary/aromatic N) is 1. The second-order valence-corrected chi connectivity index (χ2v) is 3.78. The molecule has 0 amide bonds. The van der Waals surface area contributed by atoms with Crippen molar-refractivity contribution in [2.75, 3.05) is 14.2 Å². The molecule has 1 aromatic carbocycles. The summed E-state index contributed by atoms with van der Waals surface area (Å²) in [6.45, 7) is 0. The summed E-state index contributed by atoms with van der Waals surface area (Å²) in [5.74, 6) is 0.317. The Balaban J connectivity index is 2.24. The van der Waals surface area contributed by atoms with Crippen LogP contribution in [0.1, 0.15) is 22.0 Å². The van der Waals surface area contributed by atoms with Gasteiger partial charge in [-0.3, -0.25) is 0 Å². The monoisotopic (exact) mass is 263 g/mol. The molecule has 6 nitrogen and oxygen atoms in total. The van der Waals surface area contributed by atoms with Crippen molar-refractivity contribution in [2.24, 2.45) is 0 Å². The molecule has 0 saturated carbocycles. The lowest BCUT2D eigenvalue weighted by Gasteiger charge is -2.08. The zero-order valence-corrected chi connectivity index (χ0v) is 10.5. The number of carboxylic acids is 1. The minimum Gasteiger partial charge on any atom is -0.497 e. The van der Waals surface area contributed by atoms with Crippen LogP contribution < -0.4 is 9.47 Å². The number of ether oxygens (including phenoxy) is 2. The first-order chi connectivity index (χ1) is 9.13. The molecule has 0 radical (unpaired) electrons. The maximum absolute atomic E-state index is 10.7. The number of benzene rings is 1. The van der Waals surface area contributed by atoms with Crippen LogP contribution in [0.25, 0.3) is 0 Å². The van der Waals surface area contributed by atoms with Gasteiger partial charge in [-0.15, -0.1) is 0 Å². The molecule has 2 aromatic rings. The third-order valence-corrected chi connectivity index (χ3v) is 2.60. The van der Waals surface area contributed by atoms with Gasteiger partial charge in [-0.25, -0.2) is 9.78 Å². The Morgan fingerprint density at radius 1 is 1.37 bits per heavy atom. The topological polar surface area (TPSA) is 81.8 Å². The number of hydrogen-bond donors (Lipinski definition) is 1. The Labute approximate surface area is 109 Å². The summed E-state index contributed by atoms with van der Waals surface area (Å²) >= 11 is 0. The average Bonchev–Trinajstić information content (AvgIpc) is 2.88. The van der Waals surface area contributed by atoms with Crippen molar-refractivity contribution in [3.63, 3.8) is 0 Å². The molecule has 0 aliphatic carbocycles. The molecule has 1 aromatic heterocycles. The van der Waals surface area contributed by atoms with Crippen LogP contribution in [0.2, 0.25) is 0 Å². The van der Waals surface area contributed by atoms with Gasteiger partial charge in [-0.2, -0.15) is 0 Å². The van der Waals surface area contributed by atoms with Gasteiger partial charge in [0, 0.05) is 11.6 Å². The van der Waals surface area contributed by atoms with E-state index >= 15 is 0 Å². The second-order valence-electron chi connectivity index (χ2n) is 3.78. The van der Waals surface area contributed by atoms with Crippen molar-refractivity contribution in [3.8, 4) is 11.5 Å². The van der Waals surface area contributed by atoms with Crippen molar-refractivity contribution in [1.82, 2.24) is 4.98 Å². The maximum Gasteiger partial charge on any atom is 0.373 e. The molecule has 19 heavy (non-hydrogen) atoms. The number of aromatic carboxylic acids is 1. The number of aromatic nitrogens is 1. The van der Waals surface area contributed by atoms with Gasteiger partial charge in [0.2, 0.25) is 5.76 Å². The van der Waals surface area contributed by atoms with Crippen molar-refractivity contribution >= 4 is 5.97 Å². The molecule has 0 aliphatic rings. The summed E-state index contributed by atoms with van der Waals surface area (Å²) in [7, 11) is 3.12. The lowest BCUT2D eigenvalue weighted by Crippen LogP contribution is -1.95. The number of hydrogen-bond acceptors (Lipinski definition) is 5. The van der Waals surface area contributed by atoms with E-state index < -0.39 is 5.97 Å². The van der Waals surface area contributed by atoms with E-state index in [1.165, 1.54) is 6.20 Å². The fraction of sp³-hybridized carbons (Fsp3) is 0.231. The summed E-state index contributed by atoms with van der Waals surface area (Å²) in [6.07, 6.45) is 1.54. The lowest BCUT2D eigenvalue weighted by atomic mass is 10.1. The predicted molar refractivity (Wildman–Crippen MR) is 65.8 cm³/mol. The fourth-order valence-electron chi connectivity index (χ4n) is 1.65. The van der Waals surface area contributed by atoms with Gasteiger partial charge in [-0.1, -0.05) is 6.07 Å². The molecular formula is C13H13NO5. The zero-order chi connectivity index (χ0) is 13.8. The van der Waals surface area contributed by atoms with Gasteiger partial charge in [0.15, 0.2) is 5.89 Å². The molecule has 1 heterocycles. The Morgan fingerprint density at radius 2 is 2.16 bits per heavy atom. The van der Waals surface area contributed by atoms with Gasteiger partial charge < -0.3 is 19.0 Å². The number of oxazole rings is 1. The van der Waals surface area contributed by atoms with Crippen LogP contribution in [0.15, 0.2) is 28.8 Å². The molecule has 6 heteroatoms. The molecule has 0 bridgehead atoms. The largest absolute Gasteiger partial charge is 0.497 e. The first-order valence-corrected chi connectivity index (χ1v) is 5.53. The highest BCUT2D eigenvalue weighted by Gasteiger charge is 2.13. The average molecular weight is 263 g/mol. The molecule has 0 saturated heterocycles. The number of rotatable bonds is 5. The lowest BCUT2D eigenvalue weighted by molar-refractivity contribution is 0.0660. The second kappa shape index (κ2) is 5.43. The van der Waals surface area contributed by atoms with Crippen molar-refractivity contribution < 1.29 is 23.8 Å². The van der Waals surface area contributed by atoms with Crippen molar-refractivity contribution in [2.45, 2.75) is 6.42 Å². The van der Waals surface area contributed by atoms with Gasteiger partial charge in [0.05, 0.1) is 26.8 Å². The van der Waals surface area contributed by atoms with Gasteiger partial charge in [-0.05, 0) is 6.07 Å². The number of carbonyl (C=O) groups is 1. The highest BCUT2D eigenvalue weighted by Crippen LogP contribution is 2.26. The summed E-state index contributed by atoms with van der Waals surface area (Å²) in [5, 5.41) is 8.76. The van der Waals surface area contributed by atoms with E-state index in [9.17, 15) is 4.79 Å². The molecule has 0 fully saturated rings. The molecule has 0 unspecified atom stereocenters. The number of methoxy groups -OCH3 is 2. The minimum atomic E-state index is -1.14. The molecule has 1 N–H and O–H groups in total. The summed E-state index contributed by atoms with van der Waals surface area (Å²) in [4.78, 5) is 14.6. The number of carboxylic acid groups (broad SMARTS) is 1. The van der Waals surface area contributed by atoms with E-state index in [-0.39, 0.29) is 5.76 Å². The predicted octanol–water partition coefficient (Wildman–Crippen LogP) is 1.98. The minimum absolute atomic E-state index is 0.178. The molecular weight excluding hydrogens is 250 g/mol. The fourth-order valence-corrected chi connectivity index (χ4v) is 1.65. The van der Waals surface area contributed by atoms with Crippen LogP contribution in [-0.4, -0.2) is 30.3 Å². The molecule has 0 spiro atoms. The maximum atomic E-state index is 10.7. The Kier molecular flexibility index (Phi) is 3.70. The first kappa shape index (κ1) is 12.9. The van der Waals surface area contributed by atoms with Crippen LogP contribution in [0.5, 0.6) is 11.5 Å². The molecule has 0 aliphatic heterocycles. The van der Waals surface area contributed by atoms with E-state index in [4.69, 9.17) is 19.0 Å². The van der Waals surface area contributed by atoms with Crippen LogP contribution in [-0.2, 0) is 6.42 Å². The SMILES string of the molecule is COc1ccc(Cc2ncc(C(=O)O)o2)c(OC)c1. The Hall–Kier alpha value is -2.50. The van der Waals surface area contributed by atoms with E-state index in [2.05, 4.69) is 4.98 Å². The van der Waals surface area contributed by atoms with Crippen LogP contribution in [0, 0.1) is 0 Å². The van der Waals surface area contributed by atoms with E-state index in [0.717, 1.165) is 5.56 Å². The third-order valence-electron chi connectivity index (χ3n) is 2.60. The summed E-state index contributed by atoms with van der Waals surface area (Å²) in [6, 6.07) is 5.36. The third kappa shape index (κ3) is 2.85. The normalized spacial score (nSPS) is 10.2. The Bertz CT molecular complexity index is 590. The summed E-state index contributed by atoms with van der Waals surface area (Å²) < 4.78 is 15.5. The van der Waals surface area contributed by atoms with Crippen LogP contribution >= 0.6 is 0 Å². The highest BCUT2D eigenvalue weighted by molar-refractivity contribution is 5.83.